The summed E-state index contributed by atoms with van der Waals surface area (Å²) in [6.45, 7) is 8.29. The topological polar surface area (TPSA) is 50.4 Å². The first-order valence-corrected chi connectivity index (χ1v) is 6.86. The molecule has 1 atom stereocenters. The summed E-state index contributed by atoms with van der Waals surface area (Å²) in [5.41, 5.74) is 0.135. The van der Waals surface area contributed by atoms with Crippen molar-refractivity contribution in [2.75, 3.05) is 5.75 Å². The number of rotatable bonds is 2. The number of aryl methyl sites for hydroxylation is 1. The van der Waals surface area contributed by atoms with E-state index in [1.54, 1.807) is 18.0 Å². The SMILES string of the molecule is Cc1cnc(C(C)N=C2NC(C)(C)CCS2)o1. The normalized spacial score (nSPS) is 23.4. The van der Waals surface area contributed by atoms with Gasteiger partial charge in [0.2, 0.25) is 5.89 Å². The van der Waals surface area contributed by atoms with E-state index in [4.69, 9.17) is 4.42 Å². The van der Waals surface area contributed by atoms with Gasteiger partial charge in [0.1, 0.15) is 11.8 Å². The number of aromatic nitrogens is 1. The summed E-state index contributed by atoms with van der Waals surface area (Å²) < 4.78 is 5.48. The number of nitrogens with one attached hydrogen (secondary N) is 1. The molecule has 0 radical (unpaired) electrons. The van der Waals surface area contributed by atoms with Crippen molar-refractivity contribution in [1.82, 2.24) is 10.3 Å². The number of amidine groups is 1. The van der Waals surface area contributed by atoms with Crippen LogP contribution in [0, 0.1) is 6.92 Å². The Morgan fingerprint density at radius 1 is 1.59 bits per heavy atom. The van der Waals surface area contributed by atoms with Crippen LogP contribution in [0.5, 0.6) is 0 Å². The van der Waals surface area contributed by atoms with Gasteiger partial charge in [-0.2, -0.15) is 0 Å². The second kappa shape index (κ2) is 4.72. The van der Waals surface area contributed by atoms with E-state index in [0.717, 1.165) is 23.1 Å². The van der Waals surface area contributed by atoms with Gasteiger partial charge in [0.25, 0.3) is 0 Å². The van der Waals surface area contributed by atoms with Crippen LogP contribution in [0.25, 0.3) is 0 Å². The fraction of sp³-hybridized carbons (Fsp3) is 0.667. The third-order valence-corrected chi connectivity index (χ3v) is 3.61. The monoisotopic (exact) mass is 253 g/mol. The highest BCUT2D eigenvalue weighted by molar-refractivity contribution is 8.13. The van der Waals surface area contributed by atoms with Crippen LogP contribution in [-0.2, 0) is 0 Å². The molecular weight excluding hydrogens is 234 g/mol. The van der Waals surface area contributed by atoms with Crippen molar-refractivity contribution in [3.05, 3.63) is 17.8 Å². The average Bonchev–Trinajstić information content (AvgIpc) is 2.63. The second-order valence-corrected chi connectivity index (χ2v) is 6.11. The molecule has 1 N–H and O–H groups in total. The van der Waals surface area contributed by atoms with Crippen molar-refractivity contribution in [1.29, 1.82) is 0 Å². The zero-order valence-electron chi connectivity index (χ0n) is 10.8. The first-order valence-electron chi connectivity index (χ1n) is 5.87. The summed E-state index contributed by atoms with van der Waals surface area (Å²) in [4.78, 5) is 8.83. The summed E-state index contributed by atoms with van der Waals surface area (Å²) in [6.07, 6.45) is 2.89. The molecule has 1 aromatic heterocycles. The van der Waals surface area contributed by atoms with Gasteiger partial charge in [0.05, 0.1) is 6.20 Å². The molecule has 94 valence electrons. The average molecular weight is 253 g/mol. The van der Waals surface area contributed by atoms with Crippen molar-refractivity contribution < 1.29 is 4.42 Å². The first-order chi connectivity index (χ1) is 7.96. The lowest BCUT2D eigenvalue weighted by molar-refractivity contribution is 0.433. The Labute approximate surface area is 106 Å². The molecule has 1 aliphatic heterocycles. The lowest BCUT2D eigenvalue weighted by Gasteiger charge is -2.32. The number of hydrogen-bond donors (Lipinski definition) is 1. The van der Waals surface area contributed by atoms with Gasteiger partial charge in [-0.05, 0) is 34.1 Å². The number of nitrogens with zero attached hydrogens (tertiary/aromatic N) is 2. The summed E-state index contributed by atoms with van der Waals surface area (Å²) in [7, 11) is 0. The molecule has 17 heavy (non-hydrogen) atoms. The Kier molecular flexibility index (Phi) is 3.47. The van der Waals surface area contributed by atoms with Crippen LogP contribution < -0.4 is 5.32 Å². The van der Waals surface area contributed by atoms with E-state index in [1.807, 2.05) is 13.8 Å². The largest absolute Gasteiger partial charge is 0.444 e. The third kappa shape index (κ3) is 3.25. The van der Waals surface area contributed by atoms with E-state index >= 15 is 0 Å². The van der Waals surface area contributed by atoms with E-state index < -0.39 is 0 Å². The fourth-order valence-electron chi connectivity index (χ4n) is 1.66. The minimum atomic E-state index is -0.0346. The zero-order chi connectivity index (χ0) is 12.5. The van der Waals surface area contributed by atoms with Crippen molar-refractivity contribution >= 4 is 16.9 Å². The lowest BCUT2D eigenvalue weighted by atomic mass is 10.0. The van der Waals surface area contributed by atoms with Gasteiger partial charge in [-0.3, -0.25) is 0 Å². The minimum Gasteiger partial charge on any atom is -0.444 e. The first kappa shape index (κ1) is 12.5. The van der Waals surface area contributed by atoms with E-state index in [2.05, 4.69) is 29.1 Å². The lowest BCUT2D eigenvalue weighted by Crippen LogP contribution is -2.46. The highest BCUT2D eigenvalue weighted by Gasteiger charge is 2.25. The molecule has 0 amide bonds. The van der Waals surface area contributed by atoms with Crippen LogP contribution >= 0.6 is 11.8 Å². The van der Waals surface area contributed by atoms with Crippen molar-refractivity contribution in [3.8, 4) is 0 Å². The summed E-state index contributed by atoms with van der Waals surface area (Å²) in [6, 6.07) is -0.0346. The van der Waals surface area contributed by atoms with Crippen molar-refractivity contribution in [2.45, 2.75) is 45.7 Å². The molecule has 5 heteroatoms. The maximum Gasteiger partial charge on any atom is 0.218 e. The van der Waals surface area contributed by atoms with Gasteiger partial charge in [-0.1, -0.05) is 11.8 Å². The highest BCUT2D eigenvalue weighted by atomic mass is 32.2. The molecule has 1 aliphatic rings. The molecule has 0 bridgehead atoms. The Bertz CT molecular complexity index is 425. The Morgan fingerprint density at radius 2 is 2.35 bits per heavy atom. The van der Waals surface area contributed by atoms with Crippen LogP contribution in [0.4, 0.5) is 0 Å². The minimum absolute atomic E-state index is 0.0346. The molecule has 0 aromatic carbocycles. The van der Waals surface area contributed by atoms with Gasteiger partial charge in [0, 0.05) is 11.3 Å². The fourth-order valence-corrected chi connectivity index (χ4v) is 3.04. The summed E-state index contributed by atoms with van der Waals surface area (Å²) >= 11 is 1.76. The molecule has 0 aliphatic carbocycles. The van der Waals surface area contributed by atoms with E-state index in [-0.39, 0.29) is 11.6 Å². The van der Waals surface area contributed by atoms with Crippen LogP contribution in [0.15, 0.2) is 15.6 Å². The predicted molar refractivity (Wildman–Crippen MR) is 71.4 cm³/mol. The van der Waals surface area contributed by atoms with E-state index in [1.165, 1.54) is 0 Å². The van der Waals surface area contributed by atoms with Crippen molar-refractivity contribution in [2.24, 2.45) is 4.99 Å². The Balaban J connectivity index is 2.08. The molecule has 4 nitrogen and oxygen atoms in total. The number of thioether (sulfide) groups is 1. The van der Waals surface area contributed by atoms with Gasteiger partial charge in [-0.15, -0.1) is 0 Å². The van der Waals surface area contributed by atoms with Gasteiger partial charge in [-0.25, -0.2) is 9.98 Å². The molecular formula is C12H19N3OS. The molecule has 1 fully saturated rings. The van der Waals surface area contributed by atoms with E-state index in [9.17, 15) is 0 Å². The zero-order valence-corrected chi connectivity index (χ0v) is 11.6. The molecule has 2 rings (SSSR count). The smallest absolute Gasteiger partial charge is 0.218 e. The molecule has 1 aromatic rings. The predicted octanol–water partition coefficient (Wildman–Crippen LogP) is 2.91. The standard InChI is InChI=1S/C12H19N3OS/c1-8-7-13-10(16-8)9(2)14-11-15-12(3,4)5-6-17-11/h7,9H,5-6H2,1-4H3,(H,14,15). The van der Waals surface area contributed by atoms with Crippen LogP contribution in [0.2, 0.25) is 0 Å². The molecule has 0 spiro atoms. The number of oxazole rings is 1. The molecule has 2 heterocycles. The Morgan fingerprint density at radius 3 is 2.94 bits per heavy atom. The summed E-state index contributed by atoms with van der Waals surface area (Å²) in [5.74, 6) is 2.62. The summed E-state index contributed by atoms with van der Waals surface area (Å²) in [5, 5.41) is 4.43. The maximum absolute atomic E-state index is 5.48. The quantitative estimate of drug-likeness (QED) is 0.880. The van der Waals surface area contributed by atoms with Gasteiger partial charge < -0.3 is 9.73 Å². The van der Waals surface area contributed by atoms with E-state index in [0.29, 0.717) is 5.89 Å². The van der Waals surface area contributed by atoms with Crippen LogP contribution in [-0.4, -0.2) is 21.4 Å². The van der Waals surface area contributed by atoms with Gasteiger partial charge >= 0.3 is 0 Å². The number of aliphatic imine (C=N–C) groups is 1. The molecule has 1 saturated heterocycles. The second-order valence-electron chi connectivity index (χ2n) is 5.03. The highest BCUT2D eigenvalue weighted by Crippen LogP contribution is 2.24. The molecule has 0 saturated carbocycles. The number of hydrogen-bond acceptors (Lipinski definition) is 4. The maximum atomic E-state index is 5.48. The third-order valence-electron chi connectivity index (χ3n) is 2.72. The molecule has 1 unspecified atom stereocenters. The van der Waals surface area contributed by atoms with Gasteiger partial charge in [0.15, 0.2) is 5.17 Å². The Hall–Kier alpha value is -0.970. The van der Waals surface area contributed by atoms with Crippen molar-refractivity contribution in [3.63, 3.8) is 0 Å². The van der Waals surface area contributed by atoms with Crippen LogP contribution in [0.3, 0.4) is 0 Å². The van der Waals surface area contributed by atoms with Crippen LogP contribution in [0.1, 0.15) is 44.9 Å².